The number of aliphatic hydroxyl groups is 1. The molecule has 1 aromatic heterocycles. The highest BCUT2D eigenvalue weighted by Crippen LogP contribution is 2.35. The van der Waals surface area contributed by atoms with Crippen molar-refractivity contribution < 1.29 is 23.2 Å². The zero-order valence-electron chi connectivity index (χ0n) is 12.5. The molecule has 5 nitrogen and oxygen atoms in total. The zero-order chi connectivity index (χ0) is 16.4. The summed E-state index contributed by atoms with van der Waals surface area (Å²) in [6.07, 6.45) is -4.54. The average molecular weight is 327 g/mol. The van der Waals surface area contributed by atoms with Crippen molar-refractivity contribution in [1.82, 2.24) is 9.97 Å². The smallest absolute Gasteiger partial charge is 0.391 e. The Labute approximate surface area is 131 Å². The molecule has 0 radical (unpaired) electrons. The fraction of sp³-hybridized carbons (Fsp3) is 0.467. The van der Waals surface area contributed by atoms with Crippen LogP contribution in [-0.2, 0) is 6.18 Å². The Bertz CT molecular complexity index is 684. The Balaban J connectivity index is 1.96. The first-order valence-electron chi connectivity index (χ1n) is 7.52. The number of aromatic nitrogens is 2. The van der Waals surface area contributed by atoms with Crippen molar-refractivity contribution in [3.63, 3.8) is 0 Å². The molecule has 0 saturated carbocycles. The van der Waals surface area contributed by atoms with Gasteiger partial charge in [0.05, 0.1) is 43.8 Å². The van der Waals surface area contributed by atoms with Crippen molar-refractivity contribution in [2.75, 3.05) is 44.2 Å². The highest BCUT2D eigenvalue weighted by Gasteiger charge is 2.39. The first-order chi connectivity index (χ1) is 11.0. The zero-order valence-corrected chi connectivity index (χ0v) is 12.5. The number of rotatable bonds is 3. The number of hydrogen-bond donors (Lipinski definition) is 2. The summed E-state index contributed by atoms with van der Waals surface area (Å²) in [6, 6.07) is 6.58. The molecule has 2 heterocycles. The standard InChI is InChI=1S/C15H17F3N4O/c16-15(17,18)13-14(20-12-4-2-1-3-11(12)19-13)22-7-5-21(6-8-22)9-10-23/h1-4,23H,5-10H2/p+1. The van der Waals surface area contributed by atoms with Crippen LogP contribution in [0.3, 0.4) is 0 Å². The third kappa shape index (κ3) is 3.37. The Morgan fingerprint density at radius 1 is 1.09 bits per heavy atom. The third-order valence-electron chi connectivity index (χ3n) is 4.06. The van der Waals surface area contributed by atoms with Gasteiger partial charge in [0.25, 0.3) is 0 Å². The summed E-state index contributed by atoms with van der Waals surface area (Å²) in [7, 11) is 0. The van der Waals surface area contributed by atoms with Gasteiger partial charge in [-0.15, -0.1) is 0 Å². The number of nitrogens with zero attached hydrogens (tertiary/aromatic N) is 3. The highest BCUT2D eigenvalue weighted by molar-refractivity contribution is 5.76. The number of aliphatic hydroxyl groups excluding tert-OH is 1. The van der Waals surface area contributed by atoms with Crippen LogP contribution < -0.4 is 9.80 Å². The van der Waals surface area contributed by atoms with Gasteiger partial charge >= 0.3 is 6.18 Å². The molecular weight excluding hydrogens is 309 g/mol. The van der Waals surface area contributed by atoms with E-state index in [4.69, 9.17) is 5.11 Å². The van der Waals surface area contributed by atoms with E-state index in [2.05, 4.69) is 9.97 Å². The van der Waals surface area contributed by atoms with E-state index in [1.54, 1.807) is 23.1 Å². The molecule has 0 amide bonds. The predicted octanol–water partition coefficient (Wildman–Crippen LogP) is 0.346. The molecule has 2 N–H and O–H groups in total. The number of halogens is 3. The Morgan fingerprint density at radius 3 is 2.26 bits per heavy atom. The van der Waals surface area contributed by atoms with E-state index in [9.17, 15) is 13.2 Å². The summed E-state index contributed by atoms with van der Waals surface area (Å²) < 4.78 is 40.1. The van der Waals surface area contributed by atoms with Crippen LogP contribution in [0.2, 0.25) is 0 Å². The number of anilines is 1. The lowest BCUT2D eigenvalue weighted by molar-refractivity contribution is -0.900. The van der Waals surface area contributed by atoms with Gasteiger partial charge in [0.2, 0.25) is 0 Å². The maximum atomic E-state index is 13.4. The number of nitrogens with one attached hydrogen (secondary N) is 1. The van der Waals surface area contributed by atoms with Gasteiger partial charge in [-0.05, 0) is 12.1 Å². The van der Waals surface area contributed by atoms with Crippen molar-refractivity contribution in [2.24, 2.45) is 0 Å². The van der Waals surface area contributed by atoms with Gasteiger partial charge in [-0.25, -0.2) is 9.97 Å². The van der Waals surface area contributed by atoms with Crippen LogP contribution in [-0.4, -0.2) is 54.4 Å². The molecule has 1 saturated heterocycles. The lowest BCUT2D eigenvalue weighted by Crippen LogP contribution is -3.15. The van der Waals surface area contributed by atoms with Crippen LogP contribution in [0.4, 0.5) is 19.0 Å². The number of fused-ring (bicyclic) bond motifs is 1. The van der Waals surface area contributed by atoms with E-state index >= 15 is 0 Å². The molecule has 0 spiro atoms. The lowest BCUT2D eigenvalue weighted by atomic mass is 10.2. The van der Waals surface area contributed by atoms with Gasteiger partial charge in [0.15, 0.2) is 11.5 Å². The molecule has 0 aliphatic carbocycles. The maximum absolute atomic E-state index is 13.4. The van der Waals surface area contributed by atoms with Crippen molar-refractivity contribution in [3.8, 4) is 0 Å². The summed E-state index contributed by atoms with van der Waals surface area (Å²) in [5.41, 5.74) is -0.226. The minimum absolute atomic E-state index is 0.0823. The Kier molecular flexibility index (Phi) is 4.36. The second-order valence-corrected chi connectivity index (χ2v) is 5.59. The van der Waals surface area contributed by atoms with Gasteiger partial charge in [-0.2, -0.15) is 13.2 Å². The molecule has 1 aliphatic rings. The fourth-order valence-electron chi connectivity index (χ4n) is 2.84. The number of piperazine rings is 1. The van der Waals surface area contributed by atoms with Crippen molar-refractivity contribution in [3.05, 3.63) is 30.0 Å². The van der Waals surface area contributed by atoms with Gasteiger partial charge in [-0.1, -0.05) is 12.1 Å². The van der Waals surface area contributed by atoms with Crippen LogP contribution >= 0.6 is 0 Å². The fourth-order valence-corrected chi connectivity index (χ4v) is 2.84. The SMILES string of the molecule is OCC[NH+]1CCN(c2nc3ccccc3nc2C(F)(F)F)CC1. The van der Waals surface area contributed by atoms with Crippen molar-refractivity contribution in [1.29, 1.82) is 0 Å². The molecule has 1 fully saturated rings. The van der Waals surface area contributed by atoms with E-state index in [-0.39, 0.29) is 17.9 Å². The summed E-state index contributed by atoms with van der Waals surface area (Å²) in [5.74, 6) is -0.0979. The topological polar surface area (TPSA) is 53.7 Å². The molecular formula is C15H18F3N4O+. The first kappa shape index (κ1) is 15.9. The van der Waals surface area contributed by atoms with Crippen LogP contribution in [0.5, 0.6) is 0 Å². The predicted molar refractivity (Wildman–Crippen MR) is 79.4 cm³/mol. The van der Waals surface area contributed by atoms with Crippen LogP contribution in [0.1, 0.15) is 5.69 Å². The average Bonchev–Trinajstić information content (AvgIpc) is 2.54. The van der Waals surface area contributed by atoms with E-state index in [1.807, 2.05) is 0 Å². The molecule has 1 aliphatic heterocycles. The van der Waals surface area contributed by atoms with E-state index in [0.29, 0.717) is 38.2 Å². The summed E-state index contributed by atoms with van der Waals surface area (Å²) >= 11 is 0. The third-order valence-corrected chi connectivity index (χ3v) is 4.06. The number of para-hydroxylation sites is 2. The molecule has 3 rings (SSSR count). The monoisotopic (exact) mass is 327 g/mol. The minimum atomic E-state index is -4.54. The molecule has 0 bridgehead atoms. The molecule has 23 heavy (non-hydrogen) atoms. The van der Waals surface area contributed by atoms with E-state index in [0.717, 1.165) is 0 Å². The first-order valence-corrected chi connectivity index (χ1v) is 7.52. The number of alkyl halides is 3. The summed E-state index contributed by atoms with van der Waals surface area (Å²) in [5, 5.41) is 8.97. The minimum Gasteiger partial charge on any atom is -0.391 e. The molecule has 124 valence electrons. The van der Waals surface area contributed by atoms with Crippen LogP contribution in [0, 0.1) is 0 Å². The van der Waals surface area contributed by atoms with Gasteiger partial charge in [0.1, 0.15) is 6.54 Å². The van der Waals surface area contributed by atoms with Gasteiger partial charge < -0.3 is 14.9 Å². The number of hydrogen-bond acceptors (Lipinski definition) is 4. The highest BCUT2D eigenvalue weighted by atomic mass is 19.4. The maximum Gasteiger partial charge on any atom is 0.437 e. The Hall–Kier alpha value is -1.93. The second kappa shape index (κ2) is 6.29. The van der Waals surface area contributed by atoms with Crippen molar-refractivity contribution in [2.45, 2.75) is 6.18 Å². The quantitative estimate of drug-likeness (QED) is 0.854. The van der Waals surface area contributed by atoms with Gasteiger partial charge in [0, 0.05) is 0 Å². The van der Waals surface area contributed by atoms with Crippen molar-refractivity contribution >= 4 is 16.9 Å². The summed E-state index contributed by atoms with van der Waals surface area (Å²) in [6.45, 7) is 2.97. The van der Waals surface area contributed by atoms with Gasteiger partial charge in [-0.3, -0.25) is 0 Å². The second-order valence-electron chi connectivity index (χ2n) is 5.59. The summed E-state index contributed by atoms with van der Waals surface area (Å²) in [4.78, 5) is 10.9. The largest absolute Gasteiger partial charge is 0.437 e. The van der Waals surface area contributed by atoms with E-state index < -0.39 is 11.9 Å². The molecule has 8 heteroatoms. The van der Waals surface area contributed by atoms with E-state index in [1.165, 1.54) is 11.0 Å². The Morgan fingerprint density at radius 2 is 1.70 bits per heavy atom. The molecule has 1 aromatic carbocycles. The number of quaternary nitrogens is 1. The van der Waals surface area contributed by atoms with Crippen LogP contribution in [0.15, 0.2) is 24.3 Å². The normalized spacial score (nSPS) is 17.0. The molecule has 2 aromatic rings. The lowest BCUT2D eigenvalue weighted by Gasteiger charge is -2.33. The molecule has 0 unspecified atom stereocenters. The number of benzene rings is 1. The molecule has 0 atom stereocenters. The van der Waals surface area contributed by atoms with Crippen LogP contribution in [0.25, 0.3) is 11.0 Å².